The summed E-state index contributed by atoms with van der Waals surface area (Å²) in [6, 6.07) is 0. The summed E-state index contributed by atoms with van der Waals surface area (Å²) in [5, 5.41) is 3.24. The highest BCUT2D eigenvalue weighted by Crippen LogP contribution is 2.09. The van der Waals surface area contributed by atoms with Gasteiger partial charge >= 0.3 is 5.97 Å². The maximum Gasteiger partial charge on any atom is 0.305 e. The van der Waals surface area contributed by atoms with Crippen LogP contribution < -0.4 is 5.32 Å². The van der Waals surface area contributed by atoms with Crippen LogP contribution in [0.3, 0.4) is 0 Å². The zero-order valence-electron chi connectivity index (χ0n) is 13.3. The van der Waals surface area contributed by atoms with E-state index in [1.54, 1.807) is 0 Å². The van der Waals surface area contributed by atoms with Crippen molar-refractivity contribution < 1.29 is 14.3 Å². The van der Waals surface area contributed by atoms with E-state index in [1.165, 1.54) is 0 Å². The fraction of sp³-hybridized carbons (Fsp3) is 0.812. The van der Waals surface area contributed by atoms with E-state index < -0.39 is 0 Å². The lowest BCUT2D eigenvalue weighted by Gasteiger charge is -2.07. The number of hydrogen-bond donors (Lipinski definition) is 1. The van der Waals surface area contributed by atoms with E-state index >= 15 is 0 Å². The Bertz CT molecular complexity index is 254. The molecular weight excluding hydrogens is 254 g/mol. The maximum absolute atomic E-state index is 11.5. The minimum absolute atomic E-state index is 0.0769. The molecule has 4 heteroatoms. The van der Waals surface area contributed by atoms with Crippen molar-refractivity contribution in [2.24, 2.45) is 5.92 Å². The van der Waals surface area contributed by atoms with Crippen molar-refractivity contribution >= 4 is 5.97 Å². The van der Waals surface area contributed by atoms with Crippen molar-refractivity contribution in [3.8, 4) is 0 Å². The summed E-state index contributed by atoms with van der Waals surface area (Å²) in [7, 11) is 0. The summed E-state index contributed by atoms with van der Waals surface area (Å²) >= 11 is 0. The first-order valence-electron chi connectivity index (χ1n) is 7.77. The highest BCUT2D eigenvalue weighted by Gasteiger charge is 2.04. The van der Waals surface area contributed by atoms with Crippen LogP contribution in [0.1, 0.15) is 46.5 Å². The Kier molecular flexibility index (Phi) is 13.9. The second-order valence-corrected chi connectivity index (χ2v) is 4.92. The van der Waals surface area contributed by atoms with Crippen LogP contribution >= 0.6 is 0 Å². The largest absolute Gasteiger partial charge is 0.466 e. The molecule has 1 N–H and O–H groups in total. The minimum atomic E-state index is -0.0769. The average molecular weight is 285 g/mol. The number of hydrogen-bond acceptors (Lipinski definition) is 4. The van der Waals surface area contributed by atoms with Crippen LogP contribution in [-0.2, 0) is 14.3 Å². The molecule has 20 heavy (non-hydrogen) atoms. The smallest absolute Gasteiger partial charge is 0.305 e. The Balaban J connectivity index is 3.28. The van der Waals surface area contributed by atoms with E-state index in [0.29, 0.717) is 18.9 Å². The lowest BCUT2D eigenvalue weighted by atomic mass is 10.0. The van der Waals surface area contributed by atoms with Gasteiger partial charge in [0.1, 0.15) is 0 Å². The van der Waals surface area contributed by atoms with Crippen molar-refractivity contribution in [1.29, 1.82) is 0 Å². The zero-order chi connectivity index (χ0) is 15.1. The zero-order valence-corrected chi connectivity index (χ0v) is 13.3. The number of allylic oxidation sites excluding steroid dienone is 2. The minimum Gasteiger partial charge on any atom is -0.466 e. The highest BCUT2D eigenvalue weighted by atomic mass is 16.5. The van der Waals surface area contributed by atoms with Crippen LogP contribution in [0.25, 0.3) is 0 Å². The Labute approximate surface area is 123 Å². The molecule has 1 atom stereocenters. The van der Waals surface area contributed by atoms with Crippen molar-refractivity contribution in [3.63, 3.8) is 0 Å². The first-order valence-corrected chi connectivity index (χ1v) is 7.77. The maximum atomic E-state index is 11.5. The molecule has 0 bridgehead atoms. The molecule has 0 saturated heterocycles. The molecule has 0 aromatic carbocycles. The Morgan fingerprint density at radius 1 is 1.25 bits per heavy atom. The predicted molar refractivity (Wildman–Crippen MR) is 82.8 cm³/mol. The molecule has 0 fully saturated rings. The van der Waals surface area contributed by atoms with Crippen LogP contribution in [-0.4, -0.2) is 38.9 Å². The number of carbonyl (C=O) groups excluding carboxylic acids is 1. The molecule has 0 rings (SSSR count). The van der Waals surface area contributed by atoms with Gasteiger partial charge in [0.05, 0.1) is 13.2 Å². The fourth-order valence-corrected chi connectivity index (χ4v) is 1.86. The third-order valence-electron chi connectivity index (χ3n) is 2.95. The van der Waals surface area contributed by atoms with Crippen molar-refractivity contribution in [1.82, 2.24) is 5.32 Å². The molecule has 0 saturated carbocycles. The SMILES string of the molecule is CC=CC(C)CCCC(=O)OCCCNCCOCC. The summed E-state index contributed by atoms with van der Waals surface area (Å²) in [5.41, 5.74) is 0. The number of carbonyl (C=O) groups is 1. The molecule has 118 valence electrons. The van der Waals surface area contributed by atoms with Crippen LogP contribution in [0.4, 0.5) is 0 Å². The number of ether oxygens (including phenoxy) is 2. The number of rotatable bonds is 13. The van der Waals surface area contributed by atoms with Gasteiger partial charge in [-0.25, -0.2) is 0 Å². The lowest BCUT2D eigenvalue weighted by Crippen LogP contribution is -2.22. The van der Waals surface area contributed by atoms with Crippen molar-refractivity contribution in [2.75, 3.05) is 32.9 Å². The summed E-state index contributed by atoms with van der Waals surface area (Å²) in [5.74, 6) is 0.467. The average Bonchev–Trinajstić information content (AvgIpc) is 2.42. The van der Waals surface area contributed by atoms with E-state index in [4.69, 9.17) is 9.47 Å². The normalized spacial score (nSPS) is 12.8. The van der Waals surface area contributed by atoms with E-state index in [9.17, 15) is 4.79 Å². The molecule has 0 aromatic heterocycles. The third-order valence-corrected chi connectivity index (χ3v) is 2.95. The highest BCUT2D eigenvalue weighted by molar-refractivity contribution is 5.69. The molecule has 0 amide bonds. The van der Waals surface area contributed by atoms with Gasteiger partial charge in [-0.05, 0) is 45.6 Å². The molecule has 0 radical (unpaired) electrons. The summed E-state index contributed by atoms with van der Waals surface area (Å²) in [6.45, 7) is 9.88. The van der Waals surface area contributed by atoms with Crippen molar-refractivity contribution in [3.05, 3.63) is 12.2 Å². The molecule has 0 aromatic rings. The van der Waals surface area contributed by atoms with E-state index in [0.717, 1.165) is 45.6 Å². The molecule has 0 heterocycles. The van der Waals surface area contributed by atoms with Crippen LogP contribution in [0.2, 0.25) is 0 Å². The first kappa shape index (κ1) is 19.1. The van der Waals surface area contributed by atoms with Crippen molar-refractivity contribution in [2.45, 2.75) is 46.5 Å². The van der Waals surface area contributed by atoms with Crippen LogP contribution in [0.5, 0.6) is 0 Å². The Hall–Kier alpha value is -0.870. The van der Waals surface area contributed by atoms with Gasteiger partial charge in [0, 0.05) is 19.6 Å². The molecule has 1 unspecified atom stereocenters. The Morgan fingerprint density at radius 2 is 2.05 bits per heavy atom. The molecule has 0 aliphatic rings. The van der Waals surface area contributed by atoms with Crippen LogP contribution in [0.15, 0.2) is 12.2 Å². The summed E-state index contributed by atoms with van der Waals surface area (Å²) < 4.78 is 10.4. The van der Waals surface area contributed by atoms with Gasteiger partial charge in [-0.15, -0.1) is 0 Å². The van der Waals surface area contributed by atoms with E-state index in [2.05, 4.69) is 24.4 Å². The molecule has 0 aliphatic heterocycles. The lowest BCUT2D eigenvalue weighted by molar-refractivity contribution is -0.143. The predicted octanol–water partition coefficient (Wildman–Crippen LogP) is 2.93. The quantitative estimate of drug-likeness (QED) is 0.321. The topological polar surface area (TPSA) is 47.6 Å². The Morgan fingerprint density at radius 3 is 2.75 bits per heavy atom. The van der Waals surface area contributed by atoms with Gasteiger partial charge < -0.3 is 14.8 Å². The van der Waals surface area contributed by atoms with Gasteiger partial charge in [-0.2, -0.15) is 0 Å². The van der Waals surface area contributed by atoms with E-state index in [-0.39, 0.29) is 5.97 Å². The van der Waals surface area contributed by atoms with Crippen LogP contribution in [0, 0.1) is 5.92 Å². The van der Waals surface area contributed by atoms with Gasteiger partial charge in [0.15, 0.2) is 0 Å². The van der Waals surface area contributed by atoms with E-state index in [1.807, 2.05) is 13.8 Å². The second-order valence-electron chi connectivity index (χ2n) is 4.92. The standard InChI is InChI=1S/C16H31NO3/c1-4-8-15(3)9-6-10-16(18)20-13-7-11-17-12-14-19-5-2/h4,8,15,17H,5-7,9-14H2,1-3H3. The summed E-state index contributed by atoms with van der Waals surface area (Å²) in [4.78, 5) is 11.5. The molecule has 0 spiro atoms. The number of nitrogens with one attached hydrogen (secondary N) is 1. The van der Waals surface area contributed by atoms with Gasteiger partial charge in [-0.1, -0.05) is 19.1 Å². The van der Waals surface area contributed by atoms with Gasteiger partial charge in [0.25, 0.3) is 0 Å². The van der Waals surface area contributed by atoms with Gasteiger partial charge in [0.2, 0.25) is 0 Å². The second kappa shape index (κ2) is 14.5. The fourth-order valence-electron chi connectivity index (χ4n) is 1.86. The first-order chi connectivity index (χ1) is 9.70. The number of esters is 1. The summed E-state index contributed by atoms with van der Waals surface area (Å²) in [6.07, 6.45) is 7.54. The monoisotopic (exact) mass is 285 g/mol. The molecule has 4 nitrogen and oxygen atoms in total. The molecule has 0 aliphatic carbocycles. The molecular formula is C16H31NO3. The third kappa shape index (κ3) is 13.6. The van der Waals surface area contributed by atoms with Gasteiger partial charge in [-0.3, -0.25) is 4.79 Å².